The van der Waals surface area contributed by atoms with Gasteiger partial charge in [0.1, 0.15) is 17.2 Å². The molecule has 3 aromatic rings. The number of terminal acetylenes is 1. The molecule has 0 fully saturated rings. The van der Waals surface area contributed by atoms with Crippen LogP contribution in [0.5, 0.6) is 0 Å². The van der Waals surface area contributed by atoms with E-state index in [0.29, 0.717) is 5.69 Å². The van der Waals surface area contributed by atoms with Crippen LogP contribution in [0.3, 0.4) is 0 Å². The van der Waals surface area contributed by atoms with Gasteiger partial charge in [-0.05, 0) is 37.5 Å². The second-order valence-corrected chi connectivity index (χ2v) is 5.63. The number of hydrogen-bond acceptors (Lipinski definition) is 1. The van der Waals surface area contributed by atoms with E-state index in [1.165, 1.54) is 12.1 Å². The summed E-state index contributed by atoms with van der Waals surface area (Å²) in [6.45, 7) is 4.08. The molecule has 114 valence electrons. The second kappa shape index (κ2) is 6.10. The lowest BCUT2D eigenvalue weighted by molar-refractivity contribution is 0.529. The fourth-order valence-corrected chi connectivity index (χ4v) is 2.63. The molecule has 0 radical (unpaired) electrons. The Morgan fingerprint density at radius 1 is 1.00 bits per heavy atom. The molecule has 1 aromatic heterocycles. The topological polar surface area (TPSA) is 17.8 Å². The average Bonchev–Trinajstić information content (AvgIpc) is 2.96. The molecular formula is C20H17FN2. The summed E-state index contributed by atoms with van der Waals surface area (Å²) in [5, 5.41) is 4.73. The Labute approximate surface area is 135 Å². The number of hydrogen-bond donors (Lipinski definition) is 0. The summed E-state index contributed by atoms with van der Waals surface area (Å²) in [7, 11) is 0. The van der Waals surface area contributed by atoms with Crippen molar-refractivity contribution in [3.05, 3.63) is 66.1 Å². The molecular weight excluding hydrogens is 287 g/mol. The van der Waals surface area contributed by atoms with Gasteiger partial charge in [-0.15, -0.1) is 6.42 Å². The fraction of sp³-hybridized carbons (Fsp3) is 0.150. The zero-order valence-electron chi connectivity index (χ0n) is 13.1. The van der Waals surface area contributed by atoms with E-state index >= 15 is 0 Å². The summed E-state index contributed by atoms with van der Waals surface area (Å²) >= 11 is 0. The lowest BCUT2D eigenvalue weighted by Crippen LogP contribution is -2.05. The van der Waals surface area contributed by atoms with E-state index in [4.69, 9.17) is 11.5 Å². The SMILES string of the molecule is C#Cc1c(-c2ccc(F)cc2)c(-c2ccccc2)nn1C(C)C. The summed E-state index contributed by atoms with van der Waals surface area (Å²) in [6, 6.07) is 16.4. The lowest BCUT2D eigenvalue weighted by Gasteiger charge is -2.07. The molecule has 23 heavy (non-hydrogen) atoms. The molecule has 2 aromatic carbocycles. The molecule has 0 aliphatic rings. The maximum atomic E-state index is 13.3. The summed E-state index contributed by atoms with van der Waals surface area (Å²) in [5.74, 6) is 2.49. The Hall–Kier alpha value is -2.86. The van der Waals surface area contributed by atoms with Gasteiger partial charge in [-0.1, -0.05) is 42.5 Å². The van der Waals surface area contributed by atoms with E-state index in [1.807, 2.05) is 48.9 Å². The molecule has 0 spiro atoms. The van der Waals surface area contributed by atoms with Crippen molar-refractivity contribution >= 4 is 0 Å². The quantitative estimate of drug-likeness (QED) is 0.628. The predicted molar refractivity (Wildman–Crippen MR) is 91.4 cm³/mol. The van der Waals surface area contributed by atoms with Crippen molar-refractivity contribution in [2.75, 3.05) is 0 Å². The third-order valence-electron chi connectivity index (χ3n) is 3.72. The maximum Gasteiger partial charge on any atom is 0.123 e. The van der Waals surface area contributed by atoms with Gasteiger partial charge in [-0.2, -0.15) is 5.10 Å². The molecule has 0 aliphatic heterocycles. The molecule has 0 saturated carbocycles. The van der Waals surface area contributed by atoms with Crippen LogP contribution < -0.4 is 0 Å². The van der Waals surface area contributed by atoms with E-state index in [1.54, 1.807) is 12.1 Å². The highest BCUT2D eigenvalue weighted by atomic mass is 19.1. The minimum absolute atomic E-state index is 0.137. The molecule has 3 heteroatoms. The predicted octanol–water partition coefficient (Wildman–Crippen LogP) is 4.92. The van der Waals surface area contributed by atoms with Gasteiger partial charge in [-0.3, -0.25) is 4.68 Å². The van der Waals surface area contributed by atoms with Crippen LogP contribution in [0.4, 0.5) is 4.39 Å². The van der Waals surface area contributed by atoms with Crippen LogP contribution in [-0.2, 0) is 0 Å². The van der Waals surface area contributed by atoms with E-state index in [-0.39, 0.29) is 11.9 Å². The van der Waals surface area contributed by atoms with E-state index in [0.717, 1.165) is 22.4 Å². The van der Waals surface area contributed by atoms with Crippen LogP contribution in [0, 0.1) is 18.2 Å². The molecule has 0 N–H and O–H groups in total. The molecule has 2 nitrogen and oxygen atoms in total. The number of rotatable bonds is 3. The number of aromatic nitrogens is 2. The normalized spacial score (nSPS) is 10.7. The van der Waals surface area contributed by atoms with Gasteiger partial charge < -0.3 is 0 Å². The molecule has 0 amide bonds. The third-order valence-corrected chi connectivity index (χ3v) is 3.72. The van der Waals surface area contributed by atoms with Gasteiger partial charge in [0.05, 0.1) is 0 Å². The van der Waals surface area contributed by atoms with Crippen molar-refractivity contribution in [1.29, 1.82) is 0 Å². The van der Waals surface area contributed by atoms with E-state index in [9.17, 15) is 4.39 Å². The van der Waals surface area contributed by atoms with E-state index in [2.05, 4.69) is 5.92 Å². The molecule has 1 heterocycles. The van der Waals surface area contributed by atoms with Gasteiger partial charge in [0.25, 0.3) is 0 Å². The largest absolute Gasteiger partial charge is 0.253 e. The highest BCUT2D eigenvalue weighted by molar-refractivity contribution is 5.84. The smallest absolute Gasteiger partial charge is 0.123 e. The first-order chi connectivity index (χ1) is 11.1. The number of nitrogens with zero attached hydrogens (tertiary/aromatic N) is 2. The van der Waals surface area contributed by atoms with Gasteiger partial charge in [0.2, 0.25) is 0 Å². The van der Waals surface area contributed by atoms with E-state index < -0.39 is 0 Å². The standard InChI is InChI=1S/C20H17FN2/c1-4-18-19(15-10-12-17(21)13-11-15)20(22-23(18)14(2)3)16-8-6-5-7-9-16/h1,5-14H,2-3H3. The number of benzene rings is 2. The van der Waals surface area contributed by atoms with Crippen molar-refractivity contribution in [1.82, 2.24) is 9.78 Å². The average molecular weight is 304 g/mol. The molecule has 0 saturated heterocycles. The molecule has 0 aliphatic carbocycles. The Morgan fingerprint density at radius 3 is 2.22 bits per heavy atom. The summed E-state index contributed by atoms with van der Waals surface area (Å²) in [4.78, 5) is 0. The van der Waals surface area contributed by atoms with Crippen molar-refractivity contribution in [2.24, 2.45) is 0 Å². The number of halogens is 1. The Morgan fingerprint density at radius 2 is 1.65 bits per heavy atom. The highest BCUT2D eigenvalue weighted by Crippen LogP contribution is 2.35. The lowest BCUT2D eigenvalue weighted by atomic mass is 9.99. The maximum absolute atomic E-state index is 13.3. The van der Waals surface area contributed by atoms with Gasteiger partial charge in [0.15, 0.2) is 0 Å². The van der Waals surface area contributed by atoms with Crippen LogP contribution >= 0.6 is 0 Å². The molecule has 0 unspecified atom stereocenters. The van der Waals surface area contributed by atoms with Crippen LogP contribution in [0.2, 0.25) is 0 Å². The molecule has 3 rings (SSSR count). The van der Waals surface area contributed by atoms with Gasteiger partial charge >= 0.3 is 0 Å². The van der Waals surface area contributed by atoms with Crippen molar-refractivity contribution in [3.63, 3.8) is 0 Å². The van der Waals surface area contributed by atoms with Crippen LogP contribution in [-0.4, -0.2) is 9.78 Å². The third kappa shape index (κ3) is 2.76. The van der Waals surface area contributed by atoms with Crippen molar-refractivity contribution < 1.29 is 4.39 Å². The second-order valence-electron chi connectivity index (χ2n) is 5.63. The first kappa shape index (κ1) is 15.1. The first-order valence-electron chi connectivity index (χ1n) is 7.52. The Kier molecular flexibility index (Phi) is 3.99. The molecule has 0 atom stereocenters. The van der Waals surface area contributed by atoms with Crippen LogP contribution in [0.1, 0.15) is 25.6 Å². The van der Waals surface area contributed by atoms with Gasteiger partial charge in [0, 0.05) is 17.2 Å². The minimum atomic E-state index is -0.270. The molecule has 0 bridgehead atoms. The monoisotopic (exact) mass is 304 g/mol. The van der Waals surface area contributed by atoms with Gasteiger partial charge in [-0.25, -0.2) is 4.39 Å². The highest BCUT2D eigenvalue weighted by Gasteiger charge is 2.20. The minimum Gasteiger partial charge on any atom is -0.253 e. The Bertz CT molecular complexity index is 853. The fourth-order valence-electron chi connectivity index (χ4n) is 2.63. The summed E-state index contributed by atoms with van der Waals surface area (Å²) in [6.07, 6.45) is 5.76. The first-order valence-corrected chi connectivity index (χ1v) is 7.52. The van der Waals surface area contributed by atoms with Crippen LogP contribution in [0.25, 0.3) is 22.4 Å². The van der Waals surface area contributed by atoms with Crippen LogP contribution in [0.15, 0.2) is 54.6 Å². The summed E-state index contributed by atoms with van der Waals surface area (Å²) in [5.41, 5.74) is 4.25. The van der Waals surface area contributed by atoms with Crippen molar-refractivity contribution in [3.8, 4) is 34.7 Å². The zero-order chi connectivity index (χ0) is 16.4. The summed E-state index contributed by atoms with van der Waals surface area (Å²) < 4.78 is 15.1. The van der Waals surface area contributed by atoms with Crippen molar-refractivity contribution in [2.45, 2.75) is 19.9 Å². The Balaban J connectivity index is 2.31. The zero-order valence-corrected chi connectivity index (χ0v) is 13.1.